The van der Waals surface area contributed by atoms with Crippen LogP contribution in [0.2, 0.25) is 0 Å². The van der Waals surface area contributed by atoms with Crippen molar-refractivity contribution < 1.29 is 4.79 Å². The van der Waals surface area contributed by atoms with E-state index in [9.17, 15) is 4.79 Å². The van der Waals surface area contributed by atoms with Crippen LogP contribution < -0.4 is 10.6 Å². The molecule has 0 radical (unpaired) electrons. The summed E-state index contributed by atoms with van der Waals surface area (Å²) < 4.78 is 1.07. The molecule has 0 aromatic heterocycles. The van der Waals surface area contributed by atoms with Gasteiger partial charge in [-0.15, -0.1) is 0 Å². The summed E-state index contributed by atoms with van der Waals surface area (Å²) >= 11 is 3.45. The van der Waals surface area contributed by atoms with E-state index in [1.165, 1.54) is 11.1 Å². The lowest BCUT2D eigenvalue weighted by atomic mass is 10.1. The second kappa shape index (κ2) is 6.64. The first-order valence-electron chi connectivity index (χ1n) is 5.78. The Labute approximate surface area is 111 Å². The number of urea groups is 1. The summed E-state index contributed by atoms with van der Waals surface area (Å²) in [6.45, 7) is 6.61. The van der Waals surface area contributed by atoms with Crippen molar-refractivity contribution in [1.82, 2.24) is 10.6 Å². The van der Waals surface area contributed by atoms with Gasteiger partial charge in [-0.3, -0.25) is 0 Å². The Kier molecular flexibility index (Phi) is 5.48. The van der Waals surface area contributed by atoms with Crippen molar-refractivity contribution in [2.24, 2.45) is 0 Å². The molecule has 94 valence electrons. The van der Waals surface area contributed by atoms with Crippen molar-refractivity contribution in [3.63, 3.8) is 0 Å². The summed E-state index contributed by atoms with van der Waals surface area (Å²) in [5, 5.41) is 5.64. The quantitative estimate of drug-likeness (QED) is 0.881. The lowest BCUT2D eigenvalue weighted by Gasteiger charge is -2.11. The van der Waals surface area contributed by atoms with Crippen molar-refractivity contribution in [1.29, 1.82) is 0 Å². The first kappa shape index (κ1) is 14.0. The molecule has 0 spiro atoms. The smallest absolute Gasteiger partial charge is 0.314 e. The van der Waals surface area contributed by atoms with Gasteiger partial charge in [-0.2, -0.15) is 0 Å². The summed E-state index contributed by atoms with van der Waals surface area (Å²) in [6, 6.07) is 6.26. The zero-order valence-corrected chi connectivity index (χ0v) is 12.1. The van der Waals surface area contributed by atoms with Gasteiger partial charge < -0.3 is 10.6 Å². The molecule has 1 rings (SSSR count). The van der Waals surface area contributed by atoms with E-state index in [0.717, 1.165) is 10.9 Å². The average Bonchev–Trinajstić information content (AvgIpc) is 2.22. The fourth-order valence-corrected chi connectivity index (χ4v) is 1.94. The molecule has 0 aliphatic carbocycles. The van der Waals surface area contributed by atoms with Crippen molar-refractivity contribution >= 4 is 22.0 Å². The van der Waals surface area contributed by atoms with E-state index in [2.05, 4.69) is 45.6 Å². The molecule has 3 nitrogen and oxygen atoms in total. The number of halogens is 1. The number of nitrogens with one attached hydrogen (secondary N) is 2. The lowest BCUT2D eigenvalue weighted by Crippen LogP contribution is -2.40. The van der Waals surface area contributed by atoms with E-state index in [1.807, 2.05) is 19.9 Å². The van der Waals surface area contributed by atoms with Gasteiger partial charge in [-0.25, -0.2) is 4.79 Å². The standard InChI is InChI=1S/C13H19BrN2O/c1-9(2)16-13(17)15-7-6-11-8-12(14)5-4-10(11)3/h4-5,8-9H,6-7H2,1-3H3,(H2,15,16,17). The van der Waals surface area contributed by atoms with Crippen molar-refractivity contribution in [3.8, 4) is 0 Å². The summed E-state index contributed by atoms with van der Waals surface area (Å²) in [7, 11) is 0. The molecule has 0 atom stereocenters. The van der Waals surface area contributed by atoms with E-state index in [1.54, 1.807) is 0 Å². The van der Waals surface area contributed by atoms with E-state index in [0.29, 0.717) is 6.54 Å². The van der Waals surface area contributed by atoms with Gasteiger partial charge in [0.25, 0.3) is 0 Å². The summed E-state index contributed by atoms with van der Waals surface area (Å²) in [6.07, 6.45) is 0.844. The van der Waals surface area contributed by atoms with Gasteiger partial charge in [-0.1, -0.05) is 22.0 Å². The third kappa shape index (κ3) is 5.22. The molecule has 0 saturated heterocycles. The molecule has 0 saturated carbocycles. The fraction of sp³-hybridized carbons (Fsp3) is 0.462. The molecule has 4 heteroatoms. The number of rotatable bonds is 4. The first-order chi connectivity index (χ1) is 7.99. The Hall–Kier alpha value is -1.03. The highest BCUT2D eigenvalue weighted by Crippen LogP contribution is 2.16. The molecule has 1 aromatic carbocycles. The maximum absolute atomic E-state index is 11.4. The van der Waals surface area contributed by atoms with Crippen molar-refractivity contribution in [3.05, 3.63) is 33.8 Å². The minimum Gasteiger partial charge on any atom is -0.338 e. The number of hydrogen-bond donors (Lipinski definition) is 2. The van der Waals surface area contributed by atoms with Gasteiger partial charge in [0.1, 0.15) is 0 Å². The van der Waals surface area contributed by atoms with Crippen LogP contribution in [0.1, 0.15) is 25.0 Å². The maximum atomic E-state index is 11.4. The van der Waals surface area contributed by atoms with Gasteiger partial charge in [0.2, 0.25) is 0 Å². The molecular weight excluding hydrogens is 280 g/mol. The molecule has 0 heterocycles. The molecular formula is C13H19BrN2O. The largest absolute Gasteiger partial charge is 0.338 e. The molecule has 2 N–H and O–H groups in total. The lowest BCUT2D eigenvalue weighted by molar-refractivity contribution is 0.238. The molecule has 1 aromatic rings. The monoisotopic (exact) mass is 298 g/mol. The van der Waals surface area contributed by atoms with Crippen LogP contribution >= 0.6 is 15.9 Å². The molecule has 0 aliphatic rings. The number of carbonyl (C=O) groups is 1. The summed E-state index contributed by atoms with van der Waals surface area (Å²) in [4.78, 5) is 11.4. The number of carbonyl (C=O) groups excluding carboxylic acids is 1. The van der Waals surface area contributed by atoms with Crippen LogP contribution in [-0.2, 0) is 6.42 Å². The van der Waals surface area contributed by atoms with Crippen LogP contribution in [0.15, 0.2) is 22.7 Å². The van der Waals surface area contributed by atoms with Crippen LogP contribution in [0.3, 0.4) is 0 Å². The van der Waals surface area contributed by atoms with E-state index in [4.69, 9.17) is 0 Å². The van der Waals surface area contributed by atoms with Gasteiger partial charge >= 0.3 is 6.03 Å². The normalized spacial score (nSPS) is 10.4. The van der Waals surface area contributed by atoms with Gasteiger partial charge in [0.15, 0.2) is 0 Å². The summed E-state index contributed by atoms with van der Waals surface area (Å²) in [5.74, 6) is 0. The first-order valence-corrected chi connectivity index (χ1v) is 6.57. The number of aryl methyl sites for hydroxylation is 1. The third-order valence-electron chi connectivity index (χ3n) is 2.41. The number of benzene rings is 1. The van der Waals surface area contributed by atoms with Crippen LogP contribution in [0.4, 0.5) is 4.79 Å². The maximum Gasteiger partial charge on any atom is 0.314 e. The van der Waals surface area contributed by atoms with Crippen LogP contribution in [0.5, 0.6) is 0 Å². The van der Waals surface area contributed by atoms with Crippen LogP contribution in [0, 0.1) is 6.92 Å². The zero-order chi connectivity index (χ0) is 12.8. The van der Waals surface area contributed by atoms with E-state index in [-0.39, 0.29) is 12.1 Å². The van der Waals surface area contributed by atoms with Crippen LogP contribution in [-0.4, -0.2) is 18.6 Å². The SMILES string of the molecule is Cc1ccc(Br)cc1CCNC(=O)NC(C)C. The predicted molar refractivity (Wildman–Crippen MR) is 74.3 cm³/mol. The third-order valence-corrected chi connectivity index (χ3v) is 2.90. The molecule has 0 aliphatic heterocycles. The Morgan fingerprint density at radius 3 is 2.76 bits per heavy atom. The predicted octanol–water partition coefficient (Wildman–Crippen LogP) is 3.01. The Balaban J connectivity index is 2.40. The van der Waals surface area contributed by atoms with Gasteiger partial charge in [0, 0.05) is 17.1 Å². The second-order valence-corrected chi connectivity index (χ2v) is 5.29. The Morgan fingerprint density at radius 1 is 1.41 bits per heavy atom. The highest BCUT2D eigenvalue weighted by Gasteiger charge is 2.03. The van der Waals surface area contributed by atoms with Crippen molar-refractivity contribution in [2.75, 3.05) is 6.54 Å². The minimum atomic E-state index is -0.104. The Bertz CT molecular complexity index is 391. The number of hydrogen-bond acceptors (Lipinski definition) is 1. The van der Waals surface area contributed by atoms with Gasteiger partial charge in [-0.05, 0) is 50.5 Å². The van der Waals surface area contributed by atoms with Gasteiger partial charge in [0.05, 0.1) is 0 Å². The van der Waals surface area contributed by atoms with Crippen LogP contribution in [0.25, 0.3) is 0 Å². The molecule has 0 bridgehead atoms. The molecule has 0 unspecified atom stereocenters. The van der Waals surface area contributed by atoms with E-state index >= 15 is 0 Å². The zero-order valence-electron chi connectivity index (χ0n) is 10.5. The van der Waals surface area contributed by atoms with E-state index < -0.39 is 0 Å². The second-order valence-electron chi connectivity index (χ2n) is 4.38. The highest BCUT2D eigenvalue weighted by molar-refractivity contribution is 9.10. The summed E-state index contributed by atoms with van der Waals surface area (Å²) in [5.41, 5.74) is 2.50. The molecule has 2 amide bonds. The average molecular weight is 299 g/mol. The topological polar surface area (TPSA) is 41.1 Å². The molecule has 17 heavy (non-hydrogen) atoms. The van der Waals surface area contributed by atoms with Crippen molar-refractivity contribution in [2.45, 2.75) is 33.2 Å². The molecule has 0 fully saturated rings. The Morgan fingerprint density at radius 2 is 2.12 bits per heavy atom. The number of amides is 2. The highest BCUT2D eigenvalue weighted by atomic mass is 79.9. The minimum absolute atomic E-state index is 0.104. The fourth-order valence-electron chi connectivity index (χ4n) is 1.53.